The summed E-state index contributed by atoms with van der Waals surface area (Å²) < 4.78 is 5.37. The number of hydrogen-bond acceptors (Lipinski definition) is 6. The highest BCUT2D eigenvalue weighted by Crippen LogP contribution is 2.38. The molecule has 1 aliphatic carbocycles. The van der Waals surface area contributed by atoms with Gasteiger partial charge in [-0.05, 0) is 48.1 Å². The molecule has 4 rings (SSSR count). The smallest absolute Gasteiger partial charge is 0.227 e. The summed E-state index contributed by atoms with van der Waals surface area (Å²) >= 11 is 0. The molecule has 0 unspecified atom stereocenters. The van der Waals surface area contributed by atoms with E-state index in [1.165, 1.54) is 11.3 Å². The molecule has 0 radical (unpaired) electrons. The molecule has 2 heterocycles. The van der Waals surface area contributed by atoms with E-state index in [4.69, 9.17) is 10.00 Å². The van der Waals surface area contributed by atoms with Gasteiger partial charge in [-0.3, -0.25) is 4.98 Å². The van der Waals surface area contributed by atoms with E-state index in [0.29, 0.717) is 22.9 Å². The van der Waals surface area contributed by atoms with Crippen molar-refractivity contribution in [2.24, 2.45) is 0 Å². The molecule has 1 aliphatic rings. The highest BCUT2D eigenvalue weighted by atomic mass is 16.5. The molecule has 0 fully saturated rings. The fourth-order valence-electron chi connectivity index (χ4n) is 3.55. The molecule has 0 bridgehead atoms. The van der Waals surface area contributed by atoms with E-state index >= 15 is 0 Å². The Bertz CT molecular complexity index is 1080. The molecule has 6 nitrogen and oxygen atoms in total. The second-order valence-corrected chi connectivity index (χ2v) is 7.52. The van der Waals surface area contributed by atoms with Crippen LogP contribution in [-0.4, -0.2) is 22.1 Å². The van der Waals surface area contributed by atoms with Gasteiger partial charge in [-0.15, -0.1) is 0 Å². The van der Waals surface area contributed by atoms with Crippen LogP contribution in [0.3, 0.4) is 0 Å². The molecular formula is C22H21N5O. The highest BCUT2D eigenvalue weighted by Gasteiger charge is 2.31. The molecule has 0 amide bonds. The fourth-order valence-corrected chi connectivity index (χ4v) is 3.55. The van der Waals surface area contributed by atoms with Crippen LogP contribution in [0.25, 0.3) is 11.3 Å². The molecular weight excluding hydrogens is 350 g/mol. The van der Waals surface area contributed by atoms with Gasteiger partial charge in [-0.25, -0.2) is 9.97 Å². The van der Waals surface area contributed by atoms with Crippen LogP contribution in [0.15, 0.2) is 42.7 Å². The highest BCUT2D eigenvalue weighted by molar-refractivity contribution is 5.67. The second kappa shape index (κ2) is 6.93. The standard InChI is InChI=1S/C22H21N5O/c1-22(2)8-6-18-16(22)11-15(13-25-18)17-7-9-24-21(26-17)27-19-5-4-14(12-23)10-20(19)28-3/h4-5,7,9-11,13H,6,8H2,1-3H3,(H,24,26,27). The number of methoxy groups -OCH3 is 1. The summed E-state index contributed by atoms with van der Waals surface area (Å²) in [6.07, 6.45) is 5.75. The maximum absolute atomic E-state index is 9.05. The summed E-state index contributed by atoms with van der Waals surface area (Å²) in [7, 11) is 1.57. The van der Waals surface area contributed by atoms with Gasteiger partial charge in [0.15, 0.2) is 0 Å². The minimum absolute atomic E-state index is 0.141. The summed E-state index contributed by atoms with van der Waals surface area (Å²) in [4.78, 5) is 13.6. The van der Waals surface area contributed by atoms with Gasteiger partial charge < -0.3 is 10.1 Å². The van der Waals surface area contributed by atoms with Crippen LogP contribution in [0.2, 0.25) is 0 Å². The van der Waals surface area contributed by atoms with Gasteiger partial charge in [0.25, 0.3) is 0 Å². The Labute approximate surface area is 164 Å². The number of nitriles is 1. The quantitative estimate of drug-likeness (QED) is 0.732. The number of benzene rings is 1. The number of nitrogens with one attached hydrogen (secondary N) is 1. The van der Waals surface area contributed by atoms with Crippen LogP contribution < -0.4 is 10.1 Å². The molecule has 0 saturated carbocycles. The topological polar surface area (TPSA) is 83.7 Å². The third-order valence-electron chi connectivity index (χ3n) is 5.21. The first-order valence-corrected chi connectivity index (χ1v) is 9.18. The Morgan fingerprint density at radius 3 is 2.82 bits per heavy atom. The van der Waals surface area contributed by atoms with E-state index in [1.807, 2.05) is 12.3 Å². The third kappa shape index (κ3) is 3.27. The SMILES string of the molecule is COc1cc(C#N)ccc1Nc1nccc(-c2cnc3c(c2)C(C)(C)CC3)n1. The Balaban J connectivity index is 1.66. The van der Waals surface area contributed by atoms with Crippen LogP contribution in [0.1, 0.15) is 37.1 Å². The van der Waals surface area contributed by atoms with Gasteiger partial charge in [0.05, 0.1) is 30.1 Å². The largest absolute Gasteiger partial charge is 0.495 e. The lowest BCUT2D eigenvalue weighted by Gasteiger charge is -2.19. The number of fused-ring (bicyclic) bond motifs is 1. The number of pyridine rings is 1. The van der Waals surface area contributed by atoms with Gasteiger partial charge in [-0.2, -0.15) is 5.26 Å². The molecule has 0 atom stereocenters. The minimum atomic E-state index is 0.141. The molecule has 2 aromatic heterocycles. The zero-order valence-electron chi connectivity index (χ0n) is 16.2. The summed E-state index contributed by atoms with van der Waals surface area (Å²) in [6.45, 7) is 4.52. The van der Waals surface area contributed by atoms with Crippen molar-refractivity contribution in [2.75, 3.05) is 12.4 Å². The van der Waals surface area contributed by atoms with Gasteiger partial charge in [0, 0.05) is 29.7 Å². The van der Waals surface area contributed by atoms with Crippen molar-refractivity contribution in [3.8, 4) is 23.1 Å². The number of anilines is 2. The zero-order chi connectivity index (χ0) is 19.7. The van der Waals surface area contributed by atoms with Crippen molar-refractivity contribution in [3.63, 3.8) is 0 Å². The summed E-state index contributed by atoms with van der Waals surface area (Å²) in [5, 5.41) is 12.2. The molecule has 6 heteroatoms. The molecule has 1 N–H and O–H groups in total. The fraction of sp³-hybridized carbons (Fsp3) is 0.273. The van der Waals surface area contributed by atoms with E-state index in [-0.39, 0.29) is 5.41 Å². The number of rotatable bonds is 4. The maximum Gasteiger partial charge on any atom is 0.227 e. The summed E-state index contributed by atoms with van der Waals surface area (Å²) in [5.74, 6) is 1.02. The average molecular weight is 371 g/mol. The van der Waals surface area contributed by atoms with E-state index in [0.717, 1.165) is 24.1 Å². The predicted molar refractivity (Wildman–Crippen MR) is 108 cm³/mol. The van der Waals surface area contributed by atoms with Crippen molar-refractivity contribution < 1.29 is 4.74 Å². The van der Waals surface area contributed by atoms with Gasteiger partial charge in [-0.1, -0.05) is 13.8 Å². The van der Waals surface area contributed by atoms with Crippen LogP contribution in [-0.2, 0) is 11.8 Å². The second-order valence-electron chi connectivity index (χ2n) is 7.52. The number of ether oxygens (including phenoxy) is 1. The maximum atomic E-state index is 9.05. The normalized spacial score (nSPS) is 14.2. The third-order valence-corrected chi connectivity index (χ3v) is 5.21. The van der Waals surface area contributed by atoms with Gasteiger partial charge in [0.2, 0.25) is 5.95 Å². The molecule has 1 aromatic carbocycles. The summed E-state index contributed by atoms with van der Waals surface area (Å²) in [6, 6.07) is 11.4. The lowest BCUT2D eigenvalue weighted by Crippen LogP contribution is -2.12. The number of aromatic nitrogens is 3. The van der Waals surface area contributed by atoms with Crippen molar-refractivity contribution in [1.82, 2.24) is 15.0 Å². The lowest BCUT2D eigenvalue weighted by molar-refractivity contribution is 0.416. The Kier molecular flexibility index (Phi) is 4.44. The van der Waals surface area contributed by atoms with Crippen LogP contribution in [0.5, 0.6) is 5.75 Å². The number of hydrogen-bond donors (Lipinski definition) is 1. The summed E-state index contributed by atoms with van der Waals surface area (Å²) in [5.41, 5.74) is 5.64. The molecule has 0 saturated heterocycles. The molecule has 0 spiro atoms. The van der Waals surface area contributed by atoms with E-state index in [2.05, 4.69) is 46.3 Å². The monoisotopic (exact) mass is 371 g/mol. The Morgan fingerprint density at radius 1 is 1.18 bits per heavy atom. The zero-order valence-corrected chi connectivity index (χ0v) is 16.2. The molecule has 3 aromatic rings. The minimum Gasteiger partial charge on any atom is -0.495 e. The van der Waals surface area contributed by atoms with Gasteiger partial charge >= 0.3 is 0 Å². The van der Waals surface area contributed by atoms with E-state index in [9.17, 15) is 0 Å². The average Bonchev–Trinajstić information content (AvgIpc) is 3.03. The number of aryl methyl sites for hydroxylation is 1. The van der Waals surface area contributed by atoms with Crippen molar-refractivity contribution >= 4 is 11.6 Å². The van der Waals surface area contributed by atoms with Gasteiger partial charge in [0.1, 0.15) is 5.75 Å². The Hall–Kier alpha value is -3.46. The lowest BCUT2D eigenvalue weighted by atomic mass is 9.86. The molecule has 140 valence electrons. The van der Waals surface area contributed by atoms with Crippen LogP contribution in [0, 0.1) is 11.3 Å². The predicted octanol–water partition coefficient (Wildman–Crippen LogP) is 4.39. The van der Waals surface area contributed by atoms with E-state index < -0.39 is 0 Å². The first-order chi connectivity index (χ1) is 13.5. The molecule has 0 aliphatic heterocycles. The van der Waals surface area contributed by atoms with Crippen LogP contribution in [0.4, 0.5) is 11.6 Å². The van der Waals surface area contributed by atoms with Crippen LogP contribution >= 0.6 is 0 Å². The first-order valence-electron chi connectivity index (χ1n) is 9.18. The molecule has 28 heavy (non-hydrogen) atoms. The number of nitrogens with zero attached hydrogens (tertiary/aromatic N) is 4. The first kappa shape index (κ1) is 17.9. The van der Waals surface area contributed by atoms with E-state index in [1.54, 1.807) is 31.5 Å². The van der Waals surface area contributed by atoms with Crippen molar-refractivity contribution in [3.05, 3.63) is 59.5 Å². The van der Waals surface area contributed by atoms with Crippen molar-refractivity contribution in [1.29, 1.82) is 5.26 Å². The Morgan fingerprint density at radius 2 is 2.04 bits per heavy atom. The van der Waals surface area contributed by atoms with Crippen molar-refractivity contribution in [2.45, 2.75) is 32.1 Å².